The topological polar surface area (TPSA) is 77.2 Å². The van der Waals surface area contributed by atoms with Crippen molar-refractivity contribution in [2.24, 2.45) is 5.73 Å². The predicted molar refractivity (Wildman–Crippen MR) is 66.0 cm³/mol. The van der Waals surface area contributed by atoms with Crippen LogP contribution in [0.4, 0.5) is 13.2 Å². The second-order valence-electron chi connectivity index (χ2n) is 4.13. The van der Waals surface area contributed by atoms with Gasteiger partial charge in [0.2, 0.25) is 0 Å². The number of alkyl halides is 3. The maximum atomic E-state index is 12.4. The number of carbonyl (C=O) groups excluding carboxylic acids is 1. The SMILES string of the molecule is COCC(CCN)NC(=O)c1ccc(C(F)(F)F)cn1. The Balaban J connectivity index is 2.72. The van der Waals surface area contributed by atoms with Crippen LogP contribution in [0.5, 0.6) is 0 Å². The van der Waals surface area contributed by atoms with Gasteiger partial charge < -0.3 is 15.8 Å². The van der Waals surface area contributed by atoms with Crippen LogP contribution >= 0.6 is 0 Å². The molecule has 1 amide bonds. The van der Waals surface area contributed by atoms with E-state index in [0.29, 0.717) is 19.2 Å². The number of hydrogen-bond donors (Lipinski definition) is 2. The van der Waals surface area contributed by atoms with Gasteiger partial charge in [0.25, 0.3) is 5.91 Å². The molecule has 0 spiro atoms. The van der Waals surface area contributed by atoms with Gasteiger partial charge in [0.15, 0.2) is 0 Å². The van der Waals surface area contributed by atoms with Crippen LogP contribution in [0.3, 0.4) is 0 Å². The number of pyridine rings is 1. The highest BCUT2D eigenvalue weighted by atomic mass is 19.4. The number of rotatable bonds is 6. The Bertz CT molecular complexity index is 429. The number of nitrogens with two attached hydrogens (primary N) is 1. The third kappa shape index (κ3) is 4.78. The van der Waals surface area contributed by atoms with Crippen LogP contribution in [-0.4, -0.2) is 37.2 Å². The second kappa shape index (κ2) is 7.20. The molecular formula is C12H16F3N3O2. The number of amides is 1. The second-order valence-corrected chi connectivity index (χ2v) is 4.13. The van der Waals surface area contributed by atoms with Gasteiger partial charge in [0.05, 0.1) is 18.2 Å². The molecular weight excluding hydrogens is 275 g/mol. The number of ether oxygens (including phenoxy) is 1. The van der Waals surface area contributed by atoms with Crippen molar-refractivity contribution in [2.45, 2.75) is 18.6 Å². The van der Waals surface area contributed by atoms with Gasteiger partial charge in [-0.1, -0.05) is 0 Å². The van der Waals surface area contributed by atoms with Gasteiger partial charge in [0, 0.05) is 13.3 Å². The van der Waals surface area contributed by atoms with E-state index in [9.17, 15) is 18.0 Å². The lowest BCUT2D eigenvalue weighted by Crippen LogP contribution is -2.39. The van der Waals surface area contributed by atoms with E-state index in [1.165, 1.54) is 7.11 Å². The van der Waals surface area contributed by atoms with Crippen molar-refractivity contribution < 1.29 is 22.7 Å². The number of methoxy groups -OCH3 is 1. The average Bonchev–Trinajstić information content (AvgIpc) is 2.38. The van der Waals surface area contributed by atoms with Crippen molar-refractivity contribution in [2.75, 3.05) is 20.3 Å². The molecule has 8 heteroatoms. The molecule has 0 fully saturated rings. The Kier molecular flexibility index (Phi) is 5.90. The highest BCUT2D eigenvalue weighted by Crippen LogP contribution is 2.28. The quantitative estimate of drug-likeness (QED) is 0.825. The summed E-state index contributed by atoms with van der Waals surface area (Å²) in [5.74, 6) is -0.561. The molecule has 5 nitrogen and oxygen atoms in total. The Labute approximate surface area is 114 Å². The molecule has 1 heterocycles. The van der Waals surface area contributed by atoms with Crippen LogP contribution in [0.25, 0.3) is 0 Å². The van der Waals surface area contributed by atoms with Crippen molar-refractivity contribution in [3.05, 3.63) is 29.6 Å². The fourth-order valence-corrected chi connectivity index (χ4v) is 1.55. The monoisotopic (exact) mass is 291 g/mol. The highest BCUT2D eigenvalue weighted by molar-refractivity contribution is 5.92. The molecule has 3 N–H and O–H groups in total. The van der Waals surface area contributed by atoms with Crippen LogP contribution in [0, 0.1) is 0 Å². The van der Waals surface area contributed by atoms with Crippen molar-refractivity contribution in [3.63, 3.8) is 0 Å². The first-order valence-electron chi connectivity index (χ1n) is 5.91. The van der Waals surface area contributed by atoms with Gasteiger partial charge in [-0.05, 0) is 25.1 Å². The van der Waals surface area contributed by atoms with Crippen LogP contribution < -0.4 is 11.1 Å². The number of aromatic nitrogens is 1. The standard InChI is InChI=1S/C12H16F3N3O2/c1-20-7-9(4-5-16)18-11(19)10-3-2-8(6-17-10)12(13,14)15/h2-3,6,9H,4-5,7,16H2,1H3,(H,18,19). The van der Waals surface area contributed by atoms with E-state index in [1.807, 2.05) is 0 Å². The van der Waals surface area contributed by atoms with Crippen LogP contribution in [0.2, 0.25) is 0 Å². The highest BCUT2D eigenvalue weighted by Gasteiger charge is 2.31. The molecule has 1 rings (SSSR count). The van der Waals surface area contributed by atoms with E-state index in [0.717, 1.165) is 12.1 Å². The minimum Gasteiger partial charge on any atom is -0.383 e. The first-order valence-corrected chi connectivity index (χ1v) is 5.91. The average molecular weight is 291 g/mol. The molecule has 0 aliphatic carbocycles. The molecule has 1 aromatic heterocycles. The Morgan fingerprint density at radius 3 is 2.65 bits per heavy atom. The first-order chi connectivity index (χ1) is 9.38. The first kappa shape index (κ1) is 16.4. The van der Waals surface area contributed by atoms with Crippen LogP contribution in [0.1, 0.15) is 22.5 Å². The van der Waals surface area contributed by atoms with E-state index in [2.05, 4.69) is 10.3 Å². The zero-order valence-corrected chi connectivity index (χ0v) is 10.9. The molecule has 0 bridgehead atoms. The largest absolute Gasteiger partial charge is 0.417 e. The summed E-state index contributed by atoms with van der Waals surface area (Å²) in [6.07, 6.45) is -3.34. The van der Waals surface area contributed by atoms with E-state index in [4.69, 9.17) is 10.5 Å². The summed E-state index contributed by atoms with van der Waals surface area (Å²) in [6, 6.07) is 1.54. The third-order valence-electron chi connectivity index (χ3n) is 2.54. The lowest BCUT2D eigenvalue weighted by Gasteiger charge is -2.16. The minimum absolute atomic E-state index is 0.0869. The molecule has 0 aliphatic rings. The summed E-state index contributed by atoms with van der Waals surface area (Å²) in [5.41, 5.74) is 4.41. The van der Waals surface area contributed by atoms with Gasteiger partial charge in [0.1, 0.15) is 5.69 Å². The van der Waals surface area contributed by atoms with Crippen molar-refractivity contribution in [3.8, 4) is 0 Å². The number of nitrogens with one attached hydrogen (secondary N) is 1. The molecule has 112 valence electrons. The maximum absolute atomic E-state index is 12.4. The Hall–Kier alpha value is -1.67. The molecule has 1 aromatic rings. The van der Waals surface area contributed by atoms with E-state index >= 15 is 0 Å². The van der Waals surface area contributed by atoms with Gasteiger partial charge >= 0.3 is 6.18 Å². The van der Waals surface area contributed by atoms with E-state index in [-0.39, 0.29) is 18.3 Å². The van der Waals surface area contributed by atoms with Gasteiger partial charge in [-0.15, -0.1) is 0 Å². The van der Waals surface area contributed by atoms with Crippen LogP contribution in [-0.2, 0) is 10.9 Å². The summed E-state index contributed by atoms with van der Waals surface area (Å²) in [7, 11) is 1.48. The minimum atomic E-state index is -4.47. The van der Waals surface area contributed by atoms with E-state index in [1.54, 1.807) is 0 Å². The van der Waals surface area contributed by atoms with Crippen molar-refractivity contribution in [1.29, 1.82) is 0 Å². The molecule has 0 saturated heterocycles. The smallest absolute Gasteiger partial charge is 0.383 e. The molecule has 20 heavy (non-hydrogen) atoms. The molecule has 1 atom stereocenters. The Morgan fingerprint density at radius 2 is 2.20 bits per heavy atom. The van der Waals surface area contributed by atoms with Crippen LogP contribution in [0.15, 0.2) is 18.3 Å². The Morgan fingerprint density at radius 1 is 1.50 bits per heavy atom. The van der Waals surface area contributed by atoms with Crippen molar-refractivity contribution >= 4 is 5.91 Å². The summed E-state index contributed by atoms with van der Waals surface area (Å²) < 4.78 is 42.0. The van der Waals surface area contributed by atoms with Crippen molar-refractivity contribution in [1.82, 2.24) is 10.3 Å². The lowest BCUT2D eigenvalue weighted by molar-refractivity contribution is -0.137. The summed E-state index contributed by atoms with van der Waals surface area (Å²) in [4.78, 5) is 15.3. The van der Waals surface area contributed by atoms with E-state index < -0.39 is 17.6 Å². The van der Waals surface area contributed by atoms with Gasteiger partial charge in [-0.25, -0.2) is 0 Å². The normalized spacial score (nSPS) is 13.1. The predicted octanol–water partition coefficient (Wildman–Crippen LogP) is 1.19. The molecule has 0 aromatic carbocycles. The molecule has 0 aliphatic heterocycles. The molecule has 0 saturated carbocycles. The number of nitrogens with zero attached hydrogens (tertiary/aromatic N) is 1. The fraction of sp³-hybridized carbons (Fsp3) is 0.500. The summed E-state index contributed by atoms with van der Waals surface area (Å²) >= 11 is 0. The fourth-order valence-electron chi connectivity index (χ4n) is 1.55. The van der Waals surface area contributed by atoms with Gasteiger partial charge in [-0.3, -0.25) is 9.78 Å². The lowest BCUT2D eigenvalue weighted by atomic mass is 10.2. The number of halogens is 3. The number of carbonyl (C=O) groups is 1. The molecule has 0 radical (unpaired) electrons. The van der Waals surface area contributed by atoms with Gasteiger partial charge in [-0.2, -0.15) is 13.2 Å². The summed E-state index contributed by atoms with van der Waals surface area (Å²) in [5, 5.41) is 2.61. The molecule has 1 unspecified atom stereocenters. The zero-order chi connectivity index (χ0) is 15.2. The third-order valence-corrected chi connectivity index (χ3v) is 2.54. The summed E-state index contributed by atoms with van der Waals surface area (Å²) in [6.45, 7) is 0.623. The zero-order valence-electron chi connectivity index (χ0n) is 10.9. The number of hydrogen-bond acceptors (Lipinski definition) is 4. The maximum Gasteiger partial charge on any atom is 0.417 e.